The predicted octanol–water partition coefficient (Wildman–Crippen LogP) is 0.883. The molecule has 0 saturated carbocycles. The topological polar surface area (TPSA) is 69.4 Å². The molecule has 1 rings (SSSR count). The summed E-state index contributed by atoms with van der Waals surface area (Å²) in [6.07, 6.45) is 8.55. The molecule has 24 heavy (non-hydrogen) atoms. The minimum absolute atomic E-state index is 0. The monoisotopic (exact) mass is 343 g/mol. The zero-order valence-corrected chi connectivity index (χ0v) is 17.1. The minimum Gasteiger partial charge on any atom is -1.00 e. The van der Waals surface area contributed by atoms with Crippen LogP contribution in [-0.4, -0.2) is 18.0 Å². The van der Waals surface area contributed by atoms with Crippen LogP contribution in [0.25, 0.3) is 0 Å². The quantitative estimate of drug-likeness (QED) is 0.280. The fourth-order valence-corrected chi connectivity index (χ4v) is 2.42. The Morgan fingerprint density at radius 1 is 1.04 bits per heavy atom. The molecule has 1 unspecified atom stereocenters. The van der Waals surface area contributed by atoms with Gasteiger partial charge in [-0.15, -0.1) is 0 Å². The summed E-state index contributed by atoms with van der Waals surface area (Å²) in [6.45, 7) is 2.19. The number of benzene rings is 1. The molecule has 0 spiro atoms. The van der Waals surface area contributed by atoms with Gasteiger partial charge in [-0.25, -0.2) is 4.79 Å². The SMILES string of the molecule is CCCCCCCCCC(=O)OC(=O)C(N)Cc1ccccc1.[H-].[Na+]. The predicted molar refractivity (Wildman–Crippen MR) is 92.9 cm³/mol. The molecule has 130 valence electrons. The molecule has 0 radical (unpaired) electrons. The molecule has 0 bridgehead atoms. The van der Waals surface area contributed by atoms with Crippen LogP contribution in [0.3, 0.4) is 0 Å². The van der Waals surface area contributed by atoms with Crippen molar-refractivity contribution in [3.8, 4) is 0 Å². The van der Waals surface area contributed by atoms with Gasteiger partial charge in [0.05, 0.1) is 0 Å². The van der Waals surface area contributed by atoms with E-state index in [9.17, 15) is 9.59 Å². The van der Waals surface area contributed by atoms with Gasteiger partial charge in [0.25, 0.3) is 0 Å². The van der Waals surface area contributed by atoms with E-state index in [4.69, 9.17) is 10.5 Å². The van der Waals surface area contributed by atoms with Crippen LogP contribution in [0, 0.1) is 0 Å². The van der Waals surface area contributed by atoms with Crippen molar-refractivity contribution in [3.63, 3.8) is 0 Å². The molecular weight excluding hydrogens is 313 g/mol. The molecule has 0 aliphatic rings. The van der Waals surface area contributed by atoms with Crippen LogP contribution in [0.15, 0.2) is 30.3 Å². The van der Waals surface area contributed by atoms with Crippen LogP contribution < -0.4 is 35.3 Å². The van der Waals surface area contributed by atoms with Gasteiger partial charge in [0.15, 0.2) is 0 Å². The van der Waals surface area contributed by atoms with Crippen molar-refractivity contribution >= 4 is 11.9 Å². The minimum atomic E-state index is -0.796. The Balaban J connectivity index is 0. The number of carbonyl (C=O) groups is 2. The number of ether oxygens (including phenoxy) is 1. The van der Waals surface area contributed by atoms with E-state index in [1.165, 1.54) is 25.7 Å². The molecule has 1 atom stereocenters. The number of hydrogen-bond acceptors (Lipinski definition) is 4. The van der Waals surface area contributed by atoms with E-state index in [0.29, 0.717) is 6.42 Å². The largest absolute Gasteiger partial charge is 1.00 e. The van der Waals surface area contributed by atoms with Crippen molar-refractivity contribution in [3.05, 3.63) is 35.9 Å². The van der Waals surface area contributed by atoms with Gasteiger partial charge in [0.1, 0.15) is 6.04 Å². The normalized spacial score (nSPS) is 11.4. The molecule has 0 saturated heterocycles. The van der Waals surface area contributed by atoms with Gasteiger partial charge >= 0.3 is 41.5 Å². The molecule has 5 heteroatoms. The molecular formula is C19H30NNaO3. The summed E-state index contributed by atoms with van der Waals surface area (Å²) >= 11 is 0. The Morgan fingerprint density at radius 2 is 1.62 bits per heavy atom. The van der Waals surface area contributed by atoms with Crippen molar-refractivity contribution in [1.29, 1.82) is 0 Å². The number of rotatable bonds is 11. The first-order chi connectivity index (χ1) is 11.1. The van der Waals surface area contributed by atoms with Crippen LogP contribution in [0.4, 0.5) is 0 Å². The Kier molecular flexibility index (Phi) is 14.2. The van der Waals surface area contributed by atoms with Gasteiger partial charge in [-0.3, -0.25) is 4.79 Å². The summed E-state index contributed by atoms with van der Waals surface area (Å²) in [5.74, 6) is -1.10. The van der Waals surface area contributed by atoms with Crippen LogP contribution in [0.1, 0.15) is 65.3 Å². The molecule has 4 nitrogen and oxygen atoms in total. The van der Waals surface area contributed by atoms with Crippen molar-refractivity contribution in [1.82, 2.24) is 0 Å². The smallest absolute Gasteiger partial charge is 1.00 e. The fraction of sp³-hybridized carbons (Fsp3) is 0.579. The third-order valence-corrected chi connectivity index (χ3v) is 3.80. The second kappa shape index (κ2) is 14.6. The maximum absolute atomic E-state index is 11.8. The van der Waals surface area contributed by atoms with E-state index >= 15 is 0 Å². The first kappa shape index (κ1) is 23.3. The number of unbranched alkanes of at least 4 members (excludes halogenated alkanes) is 6. The Bertz CT molecular complexity index is 471. The van der Waals surface area contributed by atoms with E-state index < -0.39 is 18.0 Å². The number of nitrogens with two attached hydrogens (primary N) is 1. The molecule has 0 aliphatic heterocycles. The zero-order chi connectivity index (χ0) is 16.9. The molecule has 0 fully saturated rings. The van der Waals surface area contributed by atoms with E-state index in [0.717, 1.165) is 24.8 Å². The molecule has 2 N–H and O–H groups in total. The fourth-order valence-electron chi connectivity index (χ4n) is 2.42. The molecule has 0 aromatic heterocycles. The third-order valence-electron chi connectivity index (χ3n) is 3.80. The zero-order valence-electron chi connectivity index (χ0n) is 16.1. The molecule has 0 heterocycles. The molecule has 0 amide bonds. The number of esters is 2. The van der Waals surface area contributed by atoms with Crippen LogP contribution in [0.5, 0.6) is 0 Å². The van der Waals surface area contributed by atoms with Gasteiger partial charge in [0, 0.05) is 6.42 Å². The maximum Gasteiger partial charge on any atom is 1.00 e. The Labute approximate surface area is 169 Å². The Morgan fingerprint density at radius 3 is 2.25 bits per heavy atom. The van der Waals surface area contributed by atoms with Crippen molar-refractivity contribution < 1.29 is 45.3 Å². The van der Waals surface area contributed by atoms with Crippen LogP contribution in [0.2, 0.25) is 0 Å². The van der Waals surface area contributed by atoms with Crippen LogP contribution in [-0.2, 0) is 20.7 Å². The second-order valence-electron chi connectivity index (χ2n) is 5.96. The summed E-state index contributed by atoms with van der Waals surface area (Å²) in [6, 6.07) is 8.67. The van der Waals surface area contributed by atoms with Crippen molar-refractivity contribution in [2.45, 2.75) is 70.8 Å². The third kappa shape index (κ3) is 11.0. The molecule has 1 aromatic rings. The van der Waals surface area contributed by atoms with E-state index in [-0.39, 0.29) is 37.4 Å². The van der Waals surface area contributed by atoms with Gasteiger partial charge in [-0.1, -0.05) is 75.8 Å². The standard InChI is InChI=1S/C19H29NO3.Na.H/c1-2-3-4-5-6-7-11-14-18(21)23-19(22)17(20)15-16-12-9-8-10-13-16;;/h8-10,12-13,17H,2-7,11,14-15,20H2,1H3;;/q;+1;-1. The van der Waals surface area contributed by atoms with E-state index in [2.05, 4.69) is 6.92 Å². The van der Waals surface area contributed by atoms with Gasteiger partial charge in [-0.05, 0) is 18.4 Å². The van der Waals surface area contributed by atoms with Crippen molar-refractivity contribution in [2.24, 2.45) is 5.73 Å². The average Bonchev–Trinajstić information content (AvgIpc) is 2.55. The van der Waals surface area contributed by atoms with Gasteiger partial charge in [0.2, 0.25) is 0 Å². The van der Waals surface area contributed by atoms with Crippen LogP contribution >= 0.6 is 0 Å². The van der Waals surface area contributed by atoms with Gasteiger partial charge < -0.3 is 11.9 Å². The number of hydrogen-bond donors (Lipinski definition) is 1. The second-order valence-corrected chi connectivity index (χ2v) is 5.96. The summed E-state index contributed by atoms with van der Waals surface area (Å²) in [7, 11) is 0. The average molecular weight is 343 g/mol. The summed E-state index contributed by atoms with van der Waals surface area (Å²) < 4.78 is 4.83. The molecule has 0 aliphatic carbocycles. The maximum atomic E-state index is 11.8. The number of carbonyl (C=O) groups excluding carboxylic acids is 2. The van der Waals surface area contributed by atoms with Gasteiger partial charge in [-0.2, -0.15) is 0 Å². The van der Waals surface area contributed by atoms with Crippen molar-refractivity contribution in [2.75, 3.05) is 0 Å². The first-order valence-corrected chi connectivity index (χ1v) is 8.67. The first-order valence-electron chi connectivity index (χ1n) is 8.67. The Hall–Kier alpha value is -0.680. The summed E-state index contributed by atoms with van der Waals surface area (Å²) in [5.41, 5.74) is 6.75. The summed E-state index contributed by atoms with van der Waals surface area (Å²) in [4.78, 5) is 23.4. The molecule has 1 aromatic carbocycles. The van der Waals surface area contributed by atoms with E-state index in [1.807, 2.05) is 30.3 Å². The van der Waals surface area contributed by atoms with E-state index in [1.54, 1.807) is 0 Å². The summed E-state index contributed by atoms with van der Waals surface area (Å²) in [5, 5.41) is 0.